The number of pyridine rings is 1. The van der Waals surface area contributed by atoms with Gasteiger partial charge < -0.3 is 5.32 Å². The molecule has 5 heteroatoms. The number of allylic oxidation sites excluding steroid dienone is 3. The van der Waals surface area contributed by atoms with E-state index < -0.39 is 0 Å². The maximum atomic E-state index is 12.6. The highest BCUT2D eigenvalue weighted by molar-refractivity contribution is 5.95. The lowest BCUT2D eigenvalue weighted by atomic mass is 9.85. The van der Waals surface area contributed by atoms with E-state index in [4.69, 9.17) is 0 Å². The summed E-state index contributed by atoms with van der Waals surface area (Å²) in [5.41, 5.74) is 3.86. The van der Waals surface area contributed by atoms with Gasteiger partial charge in [0.25, 0.3) is 5.91 Å². The minimum absolute atomic E-state index is 0.141. The Balaban J connectivity index is 1.84. The normalized spacial score (nSPS) is 15.9. The van der Waals surface area contributed by atoms with E-state index in [2.05, 4.69) is 41.4 Å². The fourth-order valence-corrected chi connectivity index (χ4v) is 2.63. The lowest BCUT2D eigenvalue weighted by Crippen LogP contribution is -2.26. The number of carbonyl (C=O) groups is 1. The topological polar surface area (TPSA) is 59.8 Å². The number of nitrogens with one attached hydrogen (secondary N) is 1. The summed E-state index contributed by atoms with van der Waals surface area (Å²) >= 11 is 0. The zero-order chi connectivity index (χ0) is 17.3. The van der Waals surface area contributed by atoms with Crippen LogP contribution in [-0.2, 0) is 7.05 Å². The van der Waals surface area contributed by atoms with E-state index in [-0.39, 0.29) is 11.3 Å². The van der Waals surface area contributed by atoms with E-state index in [1.165, 1.54) is 0 Å². The lowest BCUT2D eigenvalue weighted by Gasteiger charge is -2.22. The van der Waals surface area contributed by atoms with Crippen LogP contribution in [0.25, 0.3) is 11.4 Å². The summed E-state index contributed by atoms with van der Waals surface area (Å²) in [6, 6.07) is 5.71. The van der Waals surface area contributed by atoms with Gasteiger partial charge in [0.05, 0.1) is 11.4 Å². The van der Waals surface area contributed by atoms with Crippen LogP contribution in [0, 0.1) is 12.3 Å². The average Bonchev–Trinajstić information content (AvgIpc) is 2.96. The molecule has 5 nitrogen and oxygen atoms in total. The Hall–Kier alpha value is -2.69. The summed E-state index contributed by atoms with van der Waals surface area (Å²) < 4.78 is 1.74. The van der Waals surface area contributed by atoms with Gasteiger partial charge in [0.1, 0.15) is 5.69 Å². The monoisotopic (exact) mass is 322 g/mol. The molecule has 0 radical (unpaired) electrons. The van der Waals surface area contributed by atoms with Gasteiger partial charge in [-0.2, -0.15) is 5.10 Å². The van der Waals surface area contributed by atoms with Crippen molar-refractivity contribution in [1.82, 2.24) is 20.1 Å². The Kier molecular flexibility index (Phi) is 4.09. The molecule has 2 heterocycles. The van der Waals surface area contributed by atoms with Crippen molar-refractivity contribution in [3.8, 4) is 11.4 Å². The highest BCUT2D eigenvalue weighted by Crippen LogP contribution is 2.27. The van der Waals surface area contributed by atoms with Crippen LogP contribution in [0.4, 0.5) is 0 Å². The van der Waals surface area contributed by atoms with Gasteiger partial charge >= 0.3 is 0 Å². The van der Waals surface area contributed by atoms with Crippen molar-refractivity contribution < 1.29 is 4.79 Å². The van der Waals surface area contributed by atoms with Gasteiger partial charge in [-0.1, -0.05) is 32.1 Å². The number of aryl methyl sites for hydroxylation is 2. The molecule has 24 heavy (non-hydrogen) atoms. The van der Waals surface area contributed by atoms with Crippen molar-refractivity contribution in [1.29, 1.82) is 0 Å². The first-order valence-corrected chi connectivity index (χ1v) is 8.02. The van der Waals surface area contributed by atoms with Crippen molar-refractivity contribution in [2.24, 2.45) is 12.5 Å². The molecular weight excluding hydrogens is 300 g/mol. The van der Waals surface area contributed by atoms with E-state index in [0.717, 1.165) is 29.1 Å². The number of hydrogen-bond acceptors (Lipinski definition) is 3. The van der Waals surface area contributed by atoms with Crippen LogP contribution in [0.2, 0.25) is 0 Å². The van der Waals surface area contributed by atoms with E-state index in [1.54, 1.807) is 10.9 Å². The molecule has 0 aromatic carbocycles. The molecule has 0 unspecified atom stereocenters. The van der Waals surface area contributed by atoms with Crippen LogP contribution in [0.5, 0.6) is 0 Å². The maximum Gasteiger partial charge on any atom is 0.274 e. The quantitative estimate of drug-likeness (QED) is 0.942. The van der Waals surface area contributed by atoms with Gasteiger partial charge in [-0.05, 0) is 42.5 Å². The molecule has 0 saturated carbocycles. The molecule has 3 rings (SSSR count). The van der Waals surface area contributed by atoms with Crippen molar-refractivity contribution in [2.75, 3.05) is 0 Å². The minimum atomic E-state index is -0.188. The number of amides is 1. The molecule has 2 aromatic rings. The van der Waals surface area contributed by atoms with Crippen LogP contribution in [0.1, 0.15) is 36.3 Å². The second-order valence-electron chi connectivity index (χ2n) is 6.84. The molecule has 1 amide bonds. The van der Waals surface area contributed by atoms with Crippen LogP contribution < -0.4 is 5.32 Å². The van der Waals surface area contributed by atoms with Crippen molar-refractivity contribution >= 4 is 5.91 Å². The number of nitrogens with zero attached hydrogens (tertiary/aromatic N) is 3. The van der Waals surface area contributed by atoms with Crippen LogP contribution >= 0.6 is 0 Å². The predicted octanol–water partition coefficient (Wildman–Crippen LogP) is 3.39. The standard InChI is InChI=1S/C19H22N4O/c1-13-5-6-15(16-9-12-20-23(16)4)22-17(13)18(24)21-14-7-10-19(2,3)11-8-14/h5-10,12H,11H2,1-4H3,(H,21,24). The summed E-state index contributed by atoms with van der Waals surface area (Å²) in [4.78, 5) is 17.2. The molecule has 1 N–H and O–H groups in total. The number of hydrogen-bond donors (Lipinski definition) is 1. The molecule has 124 valence electrons. The van der Waals surface area contributed by atoms with Crippen molar-refractivity contribution in [2.45, 2.75) is 27.2 Å². The molecule has 1 aliphatic carbocycles. The minimum Gasteiger partial charge on any atom is -0.321 e. The number of rotatable bonds is 3. The Morgan fingerprint density at radius 1 is 1.29 bits per heavy atom. The molecule has 0 atom stereocenters. The summed E-state index contributed by atoms with van der Waals surface area (Å²) in [6.07, 6.45) is 8.76. The van der Waals surface area contributed by atoms with Gasteiger partial charge in [-0.3, -0.25) is 9.48 Å². The second-order valence-corrected chi connectivity index (χ2v) is 6.84. The van der Waals surface area contributed by atoms with Gasteiger partial charge in [-0.25, -0.2) is 4.98 Å². The molecule has 0 saturated heterocycles. The highest BCUT2D eigenvalue weighted by atomic mass is 16.1. The zero-order valence-corrected chi connectivity index (χ0v) is 14.5. The fourth-order valence-electron chi connectivity index (χ4n) is 2.63. The first-order chi connectivity index (χ1) is 11.4. The molecule has 0 aliphatic heterocycles. The third-order valence-electron chi connectivity index (χ3n) is 4.22. The van der Waals surface area contributed by atoms with Crippen LogP contribution in [-0.4, -0.2) is 20.7 Å². The maximum absolute atomic E-state index is 12.6. The van der Waals surface area contributed by atoms with Gasteiger partial charge in [0.15, 0.2) is 0 Å². The zero-order valence-electron chi connectivity index (χ0n) is 14.5. The molecule has 2 aromatic heterocycles. The average molecular weight is 322 g/mol. The van der Waals surface area contributed by atoms with Crippen molar-refractivity contribution in [3.05, 3.63) is 59.6 Å². The summed E-state index contributed by atoms with van der Waals surface area (Å²) in [6.45, 7) is 6.23. The first kappa shape index (κ1) is 16.2. The fraction of sp³-hybridized carbons (Fsp3) is 0.316. The Bertz CT molecular complexity index is 843. The summed E-state index contributed by atoms with van der Waals surface area (Å²) in [7, 11) is 1.86. The third-order valence-corrected chi connectivity index (χ3v) is 4.22. The van der Waals surface area contributed by atoms with E-state index in [0.29, 0.717) is 5.69 Å². The van der Waals surface area contributed by atoms with Gasteiger partial charge in [0.2, 0.25) is 0 Å². The van der Waals surface area contributed by atoms with Crippen LogP contribution in [0.3, 0.4) is 0 Å². The largest absolute Gasteiger partial charge is 0.321 e. The van der Waals surface area contributed by atoms with Crippen LogP contribution in [0.15, 0.2) is 48.3 Å². The van der Waals surface area contributed by atoms with Gasteiger partial charge in [0, 0.05) is 18.9 Å². The molecular formula is C19H22N4O. The van der Waals surface area contributed by atoms with Gasteiger partial charge in [-0.15, -0.1) is 0 Å². The molecule has 0 bridgehead atoms. The number of carbonyl (C=O) groups excluding carboxylic acids is 1. The molecule has 0 fully saturated rings. The number of aromatic nitrogens is 3. The smallest absolute Gasteiger partial charge is 0.274 e. The van der Waals surface area contributed by atoms with E-state index >= 15 is 0 Å². The lowest BCUT2D eigenvalue weighted by molar-refractivity contribution is 0.0961. The molecule has 1 aliphatic rings. The Labute approximate surface area is 142 Å². The first-order valence-electron chi connectivity index (χ1n) is 8.02. The Morgan fingerprint density at radius 2 is 2.08 bits per heavy atom. The second kappa shape index (κ2) is 6.07. The van der Waals surface area contributed by atoms with Crippen molar-refractivity contribution in [3.63, 3.8) is 0 Å². The molecule has 0 spiro atoms. The SMILES string of the molecule is Cc1ccc(-c2ccnn2C)nc1C(=O)NC1=CCC(C)(C)C=C1. The highest BCUT2D eigenvalue weighted by Gasteiger charge is 2.19. The Morgan fingerprint density at radius 3 is 2.71 bits per heavy atom. The van der Waals surface area contributed by atoms with E-state index in [9.17, 15) is 4.79 Å². The third kappa shape index (κ3) is 3.30. The van der Waals surface area contributed by atoms with E-state index in [1.807, 2.05) is 38.2 Å². The summed E-state index contributed by atoms with van der Waals surface area (Å²) in [5, 5.41) is 7.11. The predicted molar refractivity (Wildman–Crippen MR) is 94.3 cm³/mol. The summed E-state index contributed by atoms with van der Waals surface area (Å²) in [5.74, 6) is -0.188.